The van der Waals surface area contributed by atoms with E-state index in [1.165, 1.54) is 20.4 Å². The minimum atomic E-state index is -0.583. The number of nitrogens with zero attached hydrogens (tertiary/aromatic N) is 2. The molecule has 0 atom stereocenters. The predicted molar refractivity (Wildman–Crippen MR) is 97.0 cm³/mol. The zero-order valence-electron chi connectivity index (χ0n) is 14.6. The maximum Gasteiger partial charge on any atom is 0.343 e. The van der Waals surface area contributed by atoms with Gasteiger partial charge in [0.05, 0.1) is 32.1 Å². The van der Waals surface area contributed by atoms with Crippen molar-refractivity contribution < 1.29 is 23.8 Å². The maximum absolute atomic E-state index is 12.4. The Bertz CT molecular complexity index is 813. The zero-order valence-corrected chi connectivity index (χ0v) is 15.5. The number of rotatable bonds is 8. The van der Waals surface area contributed by atoms with E-state index in [1.54, 1.807) is 25.1 Å². The van der Waals surface area contributed by atoms with Gasteiger partial charge < -0.3 is 19.9 Å². The van der Waals surface area contributed by atoms with E-state index >= 15 is 0 Å². The second-order valence-corrected chi connectivity index (χ2v) is 5.89. The molecule has 138 valence electrons. The lowest BCUT2D eigenvalue weighted by Crippen LogP contribution is -2.11. The fourth-order valence-electron chi connectivity index (χ4n) is 2.05. The summed E-state index contributed by atoms with van der Waals surface area (Å²) < 4.78 is 15.2. The molecule has 0 fully saturated rings. The molecular formula is C17H19N3O5S. The molecule has 0 amide bonds. The Morgan fingerprint density at radius 1 is 1.19 bits per heavy atom. The van der Waals surface area contributed by atoms with Crippen molar-refractivity contribution in [2.45, 2.75) is 12.1 Å². The van der Waals surface area contributed by atoms with Crippen molar-refractivity contribution in [1.29, 1.82) is 0 Å². The van der Waals surface area contributed by atoms with Crippen LogP contribution in [0.5, 0.6) is 11.5 Å². The van der Waals surface area contributed by atoms with Gasteiger partial charge in [-0.05, 0) is 19.1 Å². The average molecular weight is 377 g/mol. The van der Waals surface area contributed by atoms with Crippen LogP contribution in [0.3, 0.4) is 0 Å². The van der Waals surface area contributed by atoms with E-state index in [0.29, 0.717) is 17.1 Å². The zero-order chi connectivity index (χ0) is 19.1. The summed E-state index contributed by atoms with van der Waals surface area (Å²) in [6, 6.07) is 4.96. The van der Waals surface area contributed by atoms with Gasteiger partial charge in [-0.25, -0.2) is 14.8 Å². The summed E-state index contributed by atoms with van der Waals surface area (Å²) in [6.45, 7) is 1.92. The van der Waals surface area contributed by atoms with Gasteiger partial charge in [0, 0.05) is 12.3 Å². The van der Waals surface area contributed by atoms with Crippen LogP contribution < -0.4 is 15.2 Å². The molecule has 0 bridgehead atoms. The fraction of sp³-hybridized carbons (Fsp3) is 0.294. The second-order valence-electron chi connectivity index (χ2n) is 4.95. The van der Waals surface area contributed by atoms with E-state index in [4.69, 9.17) is 19.9 Å². The van der Waals surface area contributed by atoms with Gasteiger partial charge in [-0.3, -0.25) is 4.79 Å². The van der Waals surface area contributed by atoms with E-state index in [2.05, 4.69) is 9.97 Å². The molecule has 1 aromatic heterocycles. The molecule has 0 unspecified atom stereocenters. The third kappa shape index (κ3) is 4.63. The molecule has 2 N–H and O–H groups in total. The number of methoxy groups -OCH3 is 2. The Kier molecular flexibility index (Phi) is 6.79. The van der Waals surface area contributed by atoms with Crippen molar-refractivity contribution in [3.05, 3.63) is 35.5 Å². The quantitative estimate of drug-likeness (QED) is 0.320. The molecule has 0 aliphatic heterocycles. The van der Waals surface area contributed by atoms with Crippen LogP contribution in [-0.4, -0.2) is 48.3 Å². The van der Waals surface area contributed by atoms with Gasteiger partial charge in [-0.1, -0.05) is 11.8 Å². The monoisotopic (exact) mass is 377 g/mol. The molecule has 26 heavy (non-hydrogen) atoms. The lowest BCUT2D eigenvalue weighted by atomic mass is 10.1. The number of nitrogens with two attached hydrogens (primary N) is 1. The van der Waals surface area contributed by atoms with Crippen molar-refractivity contribution >= 4 is 29.3 Å². The van der Waals surface area contributed by atoms with Gasteiger partial charge in [0.25, 0.3) is 0 Å². The number of hydrogen-bond donors (Lipinski definition) is 1. The van der Waals surface area contributed by atoms with Crippen LogP contribution >= 0.6 is 11.8 Å². The number of Topliss-reactive ketones (excluding diaryl/α,β-unsaturated/α-hetero) is 1. The third-order valence-electron chi connectivity index (χ3n) is 3.33. The summed E-state index contributed by atoms with van der Waals surface area (Å²) in [5.41, 5.74) is 6.29. The van der Waals surface area contributed by atoms with Gasteiger partial charge in [-0.15, -0.1) is 0 Å². The van der Waals surface area contributed by atoms with Crippen LogP contribution in [0.15, 0.2) is 29.6 Å². The van der Waals surface area contributed by atoms with Crippen molar-refractivity contribution in [1.82, 2.24) is 9.97 Å². The average Bonchev–Trinajstić information content (AvgIpc) is 2.65. The Hall–Kier alpha value is -2.81. The number of carbonyl (C=O) groups excluding carboxylic acids is 2. The van der Waals surface area contributed by atoms with Gasteiger partial charge in [0.15, 0.2) is 10.9 Å². The topological polar surface area (TPSA) is 114 Å². The number of ether oxygens (including phenoxy) is 3. The number of anilines is 1. The molecule has 0 saturated carbocycles. The molecule has 2 aromatic rings. The standard InChI is InChI=1S/C17H19N3O5S/c1-4-25-16(22)12-8-19-17(20-15(12)18)26-9-13(21)11-6-5-10(23-2)7-14(11)24-3/h5-8H,4,9H2,1-3H3,(H2,18,19,20). The summed E-state index contributed by atoms with van der Waals surface area (Å²) in [5, 5.41) is 0.288. The van der Waals surface area contributed by atoms with Crippen molar-refractivity contribution in [3.63, 3.8) is 0 Å². The van der Waals surface area contributed by atoms with Gasteiger partial charge in [0.2, 0.25) is 0 Å². The lowest BCUT2D eigenvalue weighted by molar-refractivity contribution is 0.0526. The first kappa shape index (κ1) is 19.5. The number of thioether (sulfide) groups is 1. The van der Waals surface area contributed by atoms with Crippen LogP contribution in [0.1, 0.15) is 27.6 Å². The molecule has 8 nitrogen and oxygen atoms in total. The largest absolute Gasteiger partial charge is 0.497 e. The minimum Gasteiger partial charge on any atom is -0.497 e. The first-order valence-electron chi connectivity index (χ1n) is 7.67. The molecule has 9 heteroatoms. The third-order valence-corrected chi connectivity index (χ3v) is 4.19. The van der Waals surface area contributed by atoms with Gasteiger partial charge >= 0.3 is 5.97 Å². The van der Waals surface area contributed by atoms with Crippen LogP contribution in [0.25, 0.3) is 0 Å². The van der Waals surface area contributed by atoms with E-state index in [0.717, 1.165) is 11.8 Å². The number of benzene rings is 1. The highest BCUT2D eigenvalue weighted by molar-refractivity contribution is 7.99. The lowest BCUT2D eigenvalue weighted by Gasteiger charge is -2.09. The Morgan fingerprint density at radius 2 is 1.96 bits per heavy atom. The van der Waals surface area contributed by atoms with Gasteiger partial charge in [-0.2, -0.15) is 0 Å². The first-order chi connectivity index (χ1) is 12.5. The predicted octanol–water partition coefficient (Wildman–Crippen LogP) is 2.23. The molecule has 0 aliphatic carbocycles. The first-order valence-corrected chi connectivity index (χ1v) is 8.66. The fourth-order valence-corrected chi connectivity index (χ4v) is 2.76. The number of aromatic nitrogens is 2. The summed E-state index contributed by atoms with van der Waals surface area (Å²) in [7, 11) is 3.02. The van der Waals surface area contributed by atoms with E-state index in [-0.39, 0.29) is 34.7 Å². The highest BCUT2D eigenvalue weighted by atomic mass is 32.2. The van der Waals surface area contributed by atoms with E-state index < -0.39 is 5.97 Å². The van der Waals surface area contributed by atoms with Gasteiger partial charge in [0.1, 0.15) is 22.9 Å². The van der Waals surface area contributed by atoms with E-state index in [1.807, 2.05) is 0 Å². The SMILES string of the molecule is CCOC(=O)c1cnc(SCC(=O)c2ccc(OC)cc2OC)nc1N. The summed E-state index contributed by atoms with van der Waals surface area (Å²) in [6.07, 6.45) is 1.29. The number of hydrogen-bond acceptors (Lipinski definition) is 9. The highest BCUT2D eigenvalue weighted by Crippen LogP contribution is 2.27. The summed E-state index contributed by atoms with van der Waals surface area (Å²) >= 11 is 1.11. The molecule has 0 saturated heterocycles. The Balaban J connectivity index is 2.08. The number of nitrogen functional groups attached to an aromatic ring is 1. The maximum atomic E-state index is 12.4. The molecule has 0 radical (unpaired) electrons. The normalized spacial score (nSPS) is 10.3. The van der Waals surface area contributed by atoms with Crippen LogP contribution in [0.2, 0.25) is 0 Å². The molecule has 2 rings (SSSR count). The molecule has 0 spiro atoms. The molecule has 1 heterocycles. The molecule has 0 aliphatic rings. The Morgan fingerprint density at radius 3 is 2.58 bits per heavy atom. The van der Waals surface area contributed by atoms with Crippen molar-refractivity contribution in [3.8, 4) is 11.5 Å². The Labute approximate surface area is 155 Å². The summed E-state index contributed by atoms with van der Waals surface area (Å²) in [5.74, 6) is 0.368. The van der Waals surface area contributed by atoms with Crippen molar-refractivity contribution in [2.24, 2.45) is 0 Å². The molecule has 1 aromatic carbocycles. The van der Waals surface area contributed by atoms with Crippen LogP contribution in [0.4, 0.5) is 5.82 Å². The van der Waals surface area contributed by atoms with Crippen molar-refractivity contribution in [2.75, 3.05) is 32.3 Å². The van der Waals surface area contributed by atoms with Crippen LogP contribution in [0, 0.1) is 0 Å². The number of carbonyl (C=O) groups is 2. The summed E-state index contributed by atoms with van der Waals surface area (Å²) in [4.78, 5) is 32.2. The highest BCUT2D eigenvalue weighted by Gasteiger charge is 2.17. The van der Waals surface area contributed by atoms with E-state index in [9.17, 15) is 9.59 Å². The number of esters is 1. The smallest absolute Gasteiger partial charge is 0.343 e. The number of ketones is 1. The van der Waals surface area contributed by atoms with Crippen LogP contribution in [-0.2, 0) is 4.74 Å². The second kappa shape index (κ2) is 9.04. The molecular weight excluding hydrogens is 358 g/mol. The minimum absolute atomic E-state index is 0.00965.